The van der Waals surface area contributed by atoms with Crippen molar-refractivity contribution in [1.82, 2.24) is 9.97 Å². The summed E-state index contributed by atoms with van der Waals surface area (Å²) in [6.45, 7) is 2.26. The number of aromatic nitrogens is 2. The van der Waals surface area contributed by atoms with E-state index in [1.165, 1.54) is 57.7 Å². The second-order valence-electron chi connectivity index (χ2n) is 4.65. The van der Waals surface area contributed by atoms with E-state index < -0.39 is 0 Å². The molecule has 0 aliphatic carbocycles. The molecule has 0 bridgehead atoms. The van der Waals surface area contributed by atoms with Crippen molar-refractivity contribution in [2.24, 2.45) is 0 Å². The van der Waals surface area contributed by atoms with Crippen LogP contribution in [0.3, 0.4) is 0 Å². The lowest BCUT2D eigenvalue weighted by molar-refractivity contribution is 0.579. The monoisotopic (exact) mass is 244 g/mol. The smallest absolute Gasteiger partial charge is 0.115 e. The number of hydrogen-bond donors (Lipinski definition) is 0. The SMILES string of the molecule is CCCCCCCCCCC#Cc1cncnc1. The van der Waals surface area contributed by atoms with Gasteiger partial charge in [0.2, 0.25) is 0 Å². The zero-order valence-electron chi connectivity index (χ0n) is 11.5. The third-order valence-corrected chi connectivity index (χ3v) is 2.95. The van der Waals surface area contributed by atoms with Gasteiger partial charge in [0, 0.05) is 18.8 Å². The van der Waals surface area contributed by atoms with Crippen LogP contribution in [-0.4, -0.2) is 9.97 Å². The maximum absolute atomic E-state index is 3.93. The molecule has 0 saturated carbocycles. The van der Waals surface area contributed by atoms with E-state index in [-0.39, 0.29) is 0 Å². The van der Waals surface area contributed by atoms with Gasteiger partial charge in [0.05, 0.1) is 5.56 Å². The van der Waals surface area contributed by atoms with E-state index in [1.54, 1.807) is 12.4 Å². The molecular weight excluding hydrogens is 220 g/mol. The fourth-order valence-electron chi connectivity index (χ4n) is 1.88. The number of hydrogen-bond acceptors (Lipinski definition) is 2. The van der Waals surface area contributed by atoms with Gasteiger partial charge in [-0.05, 0) is 6.42 Å². The minimum atomic E-state index is 0.914. The summed E-state index contributed by atoms with van der Waals surface area (Å²) < 4.78 is 0. The van der Waals surface area contributed by atoms with Gasteiger partial charge in [-0.3, -0.25) is 0 Å². The van der Waals surface area contributed by atoms with Crippen LogP contribution in [0.1, 0.15) is 70.3 Å². The minimum absolute atomic E-state index is 0.914. The second-order valence-corrected chi connectivity index (χ2v) is 4.65. The Morgan fingerprint density at radius 3 is 2.17 bits per heavy atom. The van der Waals surface area contributed by atoms with Crippen molar-refractivity contribution in [2.45, 2.75) is 64.7 Å². The molecule has 2 heteroatoms. The largest absolute Gasteiger partial charge is 0.244 e. The summed E-state index contributed by atoms with van der Waals surface area (Å²) in [6, 6.07) is 0. The summed E-state index contributed by atoms with van der Waals surface area (Å²) in [4.78, 5) is 7.87. The van der Waals surface area contributed by atoms with Crippen LogP contribution in [0.25, 0.3) is 0 Å². The van der Waals surface area contributed by atoms with E-state index >= 15 is 0 Å². The van der Waals surface area contributed by atoms with Gasteiger partial charge in [-0.2, -0.15) is 0 Å². The van der Waals surface area contributed by atoms with Crippen LogP contribution in [0.4, 0.5) is 0 Å². The molecule has 1 aromatic heterocycles. The van der Waals surface area contributed by atoms with Crippen molar-refractivity contribution in [3.63, 3.8) is 0 Å². The Bertz CT molecular complexity index is 348. The third-order valence-electron chi connectivity index (χ3n) is 2.95. The van der Waals surface area contributed by atoms with Gasteiger partial charge in [0.25, 0.3) is 0 Å². The summed E-state index contributed by atoms with van der Waals surface area (Å²) in [5.74, 6) is 6.27. The third kappa shape index (κ3) is 7.84. The molecular formula is C16H24N2. The molecule has 0 radical (unpaired) electrons. The van der Waals surface area contributed by atoms with Gasteiger partial charge < -0.3 is 0 Å². The molecule has 2 nitrogen and oxygen atoms in total. The lowest BCUT2D eigenvalue weighted by Crippen LogP contribution is -1.81. The average molecular weight is 244 g/mol. The van der Waals surface area contributed by atoms with Gasteiger partial charge in [-0.1, -0.05) is 63.7 Å². The lowest BCUT2D eigenvalue weighted by Gasteiger charge is -1.99. The van der Waals surface area contributed by atoms with E-state index in [1.807, 2.05) is 0 Å². The molecule has 0 fully saturated rings. The first-order chi connectivity index (χ1) is 8.93. The number of nitrogens with zero attached hydrogens (tertiary/aromatic N) is 2. The van der Waals surface area contributed by atoms with Crippen LogP contribution in [0, 0.1) is 11.8 Å². The fraction of sp³-hybridized carbons (Fsp3) is 0.625. The molecule has 0 amide bonds. The topological polar surface area (TPSA) is 25.8 Å². The van der Waals surface area contributed by atoms with E-state index in [4.69, 9.17) is 0 Å². The van der Waals surface area contributed by atoms with Crippen LogP contribution in [-0.2, 0) is 0 Å². The van der Waals surface area contributed by atoms with Crippen LogP contribution in [0.2, 0.25) is 0 Å². The first kappa shape index (κ1) is 14.7. The first-order valence-electron chi connectivity index (χ1n) is 7.17. The molecule has 0 aliphatic heterocycles. The van der Waals surface area contributed by atoms with Crippen molar-refractivity contribution in [2.75, 3.05) is 0 Å². The molecule has 1 rings (SSSR count). The van der Waals surface area contributed by atoms with Crippen molar-refractivity contribution >= 4 is 0 Å². The molecule has 98 valence electrons. The predicted octanol–water partition coefficient (Wildman–Crippen LogP) is 4.36. The van der Waals surface area contributed by atoms with Crippen LogP contribution < -0.4 is 0 Å². The lowest BCUT2D eigenvalue weighted by atomic mass is 10.1. The van der Waals surface area contributed by atoms with Crippen molar-refractivity contribution in [3.05, 3.63) is 24.3 Å². The summed E-state index contributed by atoms with van der Waals surface area (Å²) in [7, 11) is 0. The minimum Gasteiger partial charge on any atom is -0.244 e. The maximum Gasteiger partial charge on any atom is 0.115 e. The Labute approximate surface area is 111 Å². The zero-order valence-corrected chi connectivity index (χ0v) is 11.5. The second kappa shape index (κ2) is 10.8. The van der Waals surface area contributed by atoms with Crippen LogP contribution in [0.15, 0.2) is 18.7 Å². The molecule has 0 spiro atoms. The molecule has 0 aromatic carbocycles. The van der Waals surface area contributed by atoms with Crippen LogP contribution in [0.5, 0.6) is 0 Å². The standard InChI is InChI=1S/C16H24N2/c1-2-3-4-5-6-7-8-9-10-11-12-16-13-17-15-18-14-16/h13-15H,2-10H2,1H3. The first-order valence-corrected chi connectivity index (χ1v) is 7.17. The van der Waals surface area contributed by atoms with Gasteiger partial charge in [0.15, 0.2) is 0 Å². The van der Waals surface area contributed by atoms with Gasteiger partial charge in [-0.15, -0.1) is 0 Å². The fourth-order valence-corrected chi connectivity index (χ4v) is 1.88. The summed E-state index contributed by atoms with van der Waals surface area (Å²) in [6.07, 6.45) is 16.9. The van der Waals surface area contributed by atoms with Crippen LogP contribution >= 0.6 is 0 Å². The van der Waals surface area contributed by atoms with Gasteiger partial charge in [0.1, 0.15) is 6.33 Å². The Balaban J connectivity index is 1.94. The van der Waals surface area contributed by atoms with Crippen molar-refractivity contribution in [1.29, 1.82) is 0 Å². The Kier molecular flexibility index (Phi) is 8.80. The van der Waals surface area contributed by atoms with Crippen molar-refractivity contribution < 1.29 is 0 Å². The molecule has 18 heavy (non-hydrogen) atoms. The van der Waals surface area contributed by atoms with E-state index in [9.17, 15) is 0 Å². The maximum atomic E-state index is 3.93. The molecule has 0 aliphatic rings. The quantitative estimate of drug-likeness (QED) is 0.501. The number of unbranched alkanes of at least 4 members (excludes halogenated alkanes) is 8. The van der Waals surface area contributed by atoms with E-state index in [0.29, 0.717) is 0 Å². The highest BCUT2D eigenvalue weighted by molar-refractivity contribution is 5.28. The Morgan fingerprint density at radius 1 is 0.889 bits per heavy atom. The van der Waals surface area contributed by atoms with E-state index in [0.717, 1.165) is 12.0 Å². The average Bonchev–Trinajstić information content (AvgIpc) is 2.42. The Hall–Kier alpha value is -1.36. The highest BCUT2D eigenvalue weighted by Crippen LogP contribution is 2.09. The summed E-state index contributed by atoms with van der Waals surface area (Å²) in [5.41, 5.74) is 0.914. The molecule has 0 unspecified atom stereocenters. The Morgan fingerprint density at radius 2 is 1.50 bits per heavy atom. The van der Waals surface area contributed by atoms with E-state index in [2.05, 4.69) is 28.7 Å². The zero-order chi connectivity index (χ0) is 12.9. The normalized spacial score (nSPS) is 9.83. The molecule has 0 saturated heterocycles. The molecule has 0 N–H and O–H groups in total. The summed E-state index contributed by atoms with van der Waals surface area (Å²) in [5, 5.41) is 0. The highest BCUT2D eigenvalue weighted by atomic mass is 14.8. The highest BCUT2D eigenvalue weighted by Gasteiger charge is 1.90. The molecule has 0 atom stereocenters. The number of rotatable bonds is 8. The molecule has 1 heterocycles. The van der Waals surface area contributed by atoms with Crippen molar-refractivity contribution in [3.8, 4) is 11.8 Å². The summed E-state index contributed by atoms with van der Waals surface area (Å²) >= 11 is 0. The van der Waals surface area contributed by atoms with Gasteiger partial charge >= 0.3 is 0 Å². The van der Waals surface area contributed by atoms with Gasteiger partial charge in [-0.25, -0.2) is 9.97 Å². The molecule has 1 aromatic rings. The predicted molar refractivity (Wildman–Crippen MR) is 76.1 cm³/mol.